The molecule has 2 aromatic heterocycles. The largest absolute Gasteiger partial charge is 0.494 e. The topological polar surface area (TPSA) is 94.5 Å². The first-order chi connectivity index (χ1) is 17.5. The van der Waals surface area contributed by atoms with Crippen LogP contribution in [0.1, 0.15) is 38.4 Å². The highest BCUT2D eigenvalue weighted by Gasteiger charge is 2.35. The van der Waals surface area contributed by atoms with Crippen LogP contribution in [0, 0.1) is 11.6 Å². The Morgan fingerprint density at radius 3 is 2.30 bits per heavy atom. The number of halogens is 5. The van der Waals surface area contributed by atoms with Crippen molar-refractivity contribution in [2.45, 2.75) is 24.6 Å². The van der Waals surface area contributed by atoms with Gasteiger partial charge in [-0.2, -0.15) is 25.8 Å². The number of fused-ring (bicyclic) bond motifs is 2. The van der Waals surface area contributed by atoms with Crippen LogP contribution >= 0.6 is 12.6 Å². The molecule has 1 aliphatic heterocycles. The maximum absolute atomic E-state index is 14.2. The van der Waals surface area contributed by atoms with E-state index in [1.54, 1.807) is 0 Å². The maximum atomic E-state index is 14.2. The van der Waals surface area contributed by atoms with E-state index in [0.29, 0.717) is 0 Å². The predicted octanol–water partition coefficient (Wildman–Crippen LogP) is 5.24. The van der Waals surface area contributed by atoms with Crippen LogP contribution in [0.2, 0.25) is 0 Å². The number of carbonyl (C=O) groups excluding carboxylic acids is 1. The first-order valence-electron chi connectivity index (χ1n) is 10.7. The first kappa shape index (κ1) is 25.0. The molecule has 0 saturated heterocycles. The average molecular weight is 536 g/mol. The van der Waals surface area contributed by atoms with E-state index in [0.717, 1.165) is 18.2 Å². The van der Waals surface area contributed by atoms with Crippen molar-refractivity contribution < 1.29 is 35.9 Å². The van der Waals surface area contributed by atoms with Gasteiger partial charge in [0.1, 0.15) is 34.0 Å². The Morgan fingerprint density at radius 2 is 1.73 bits per heavy atom. The Morgan fingerprint density at radius 1 is 1.08 bits per heavy atom. The lowest BCUT2D eigenvalue weighted by Crippen LogP contribution is -2.27. The molecule has 7 nitrogen and oxygen atoms in total. The van der Waals surface area contributed by atoms with Crippen LogP contribution in [0.3, 0.4) is 0 Å². The molecule has 2 aromatic carbocycles. The number of nitrogens with zero attached hydrogens (tertiary/aromatic N) is 3. The summed E-state index contributed by atoms with van der Waals surface area (Å²) in [6.45, 7) is -0.395. The minimum Gasteiger partial charge on any atom is -0.494 e. The molecule has 0 radical (unpaired) electrons. The molecule has 0 spiro atoms. The number of ether oxygens (including phenoxy) is 1. The summed E-state index contributed by atoms with van der Waals surface area (Å²) in [5.74, 6) is -2.17. The molecular weight excluding hydrogens is 519 g/mol. The van der Waals surface area contributed by atoms with Crippen molar-refractivity contribution in [2.75, 3.05) is 7.11 Å². The standard InChI is InChI=1S/C24H17F5N4O3S/c1-35-16-6-2-11(10-3-7-17(24(27,28)29)31-18(10)16)22-32-19(20(36-22)21(30)37)23(34)33-8-12-13(9-33)15(26)5-4-14(12)25/h2-7,21,37H,8-9,30H2,1H3. The van der Waals surface area contributed by atoms with E-state index in [2.05, 4.69) is 22.6 Å². The van der Waals surface area contributed by atoms with Crippen molar-refractivity contribution in [1.29, 1.82) is 0 Å². The Kier molecular flexibility index (Phi) is 6.07. The summed E-state index contributed by atoms with van der Waals surface area (Å²) in [7, 11) is 1.29. The number of hydrogen-bond donors (Lipinski definition) is 2. The number of rotatable bonds is 4. The summed E-state index contributed by atoms with van der Waals surface area (Å²) < 4.78 is 79.1. The van der Waals surface area contributed by atoms with Crippen molar-refractivity contribution in [2.24, 2.45) is 5.73 Å². The van der Waals surface area contributed by atoms with Gasteiger partial charge < -0.3 is 19.8 Å². The molecule has 1 atom stereocenters. The fourth-order valence-corrected chi connectivity index (χ4v) is 4.39. The van der Waals surface area contributed by atoms with Crippen LogP contribution < -0.4 is 10.5 Å². The summed E-state index contributed by atoms with van der Waals surface area (Å²) in [6, 6.07) is 6.84. The molecule has 2 N–H and O–H groups in total. The van der Waals surface area contributed by atoms with Crippen LogP contribution in [-0.4, -0.2) is 27.9 Å². The van der Waals surface area contributed by atoms with Crippen LogP contribution in [0.4, 0.5) is 22.0 Å². The van der Waals surface area contributed by atoms with Gasteiger partial charge in [-0.25, -0.2) is 18.7 Å². The second-order valence-electron chi connectivity index (χ2n) is 8.23. The van der Waals surface area contributed by atoms with Gasteiger partial charge in [0.2, 0.25) is 5.89 Å². The Balaban J connectivity index is 1.59. The number of aromatic nitrogens is 2. The zero-order valence-electron chi connectivity index (χ0n) is 18.9. The molecule has 4 aromatic rings. The molecule has 3 heterocycles. The van der Waals surface area contributed by atoms with Crippen LogP contribution in [-0.2, 0) is 19.3 Å². The molecule has 13 heteroatoms. The third-order valence-corrected chi connectivity index (χ3v) is 6.22. The molecule has 192 valence electrons. The van der Waals surface area contributed by atoms with Gasteiger partial charge in [0.15, 0.2) is 11.5 Å². The number of oxazole rings is 1. The highest BCUT2D eigenvalue weighted by atomic mass is 32.1. The zero-order chi connectivity index (χ0) is 26.6. The third kappa shape index (κ3) is 4.27. The average Bonchev–Trinajstić information content (AvgIpc) is 3.51. The SMILES string of the molecule is COc1ccc(-c2nc(C(=O)N3Cc4c(F)ccc(F)c4C3)c(C(N)S)o2)c2ccc(C(F)(F)F)nc12. The first-order valence-corrected chi connectivity index (χ1v) is 11.3. The highest BCUT2D eigenvalue weighted by Crippen LogP contribution is 2.38. The van der Waals surface area contributed by atoms with Crippen molar-refractivity contribution in [1.82, 2.24) is 14.9 Å². The molecule has 1 amide bonds. The Bertz CT molecular complexity index is 1520. The molecule has 0 saturated carbocycles. The number of alkyl halides is 3. The van der Waals surface area contributed by atoms with Gasteiger partial charge >= 0.3 is 6.18 Å². The van der Waals surface area contributed by atoms with E-state index >= 15 is 0 Å². The fourth-order valence-electron chi connectivity index (χ4n) is 4.21. The molecular formula is C24H17F5N4O3S. The second-order valence-corrected chi connectivity index (χ2v) is 8.79. The molecule has 1 unspecified atom stereocenters. The van der Waals surface area contributed by atoms with Crippen molar-refractivity contribution in [3.63, 3.8) is 0 Å². The lowest BCUT2D eigenvalue weighted by Gasteiger charge is -2.14. The minimum absolute atomic E-state index is 0.0569. The van der Waals surface area contributed by atoms with Crippen molar-refractivity contribution >= 4 is 29.4 Å². The number of nitrogens with two attached hydrogens (primary N) is 1. The zero-order valence-corrected chi connectivity index (χ0v) is 19.8. The van der Waals surface area contributed by atoms with E-state index in [1.807, 2.05) is 0 Å². The second kappa shape index (κ2) is 8.99. The third-order valence-electron chi connectivity index (χ3n) is 5.99. The number of hydrogen-bond acceptors (Lipinski definition) is 7. The van der Waals surface area contributed by atoms with Crippen LogP contribution in [0.25, 0.3) is 22.4 Å². The Labute approximate surface area is 211 Å². The molecule has 0 aliphatic carbocycles. The van der Waals surface area contributed by atoms with Gasteiger partial charge in [0, 0.05) is 35.2 Å². The van der Waals surface area contributed by atoms with Crippen molar-refractivity contribution in [3.8, 4) is 17.2 Å². The van der Waals surface area contributed by atoms with Crippen LogP contribution in [0.5, 0.6) is 5.75 Å². The van der Waals surface area contributed by atoms with Gasteiger partial charge in [-0.05, 0) is 36.4 Å². The van der Waals surface area contributed by atoms with Gasteiger partial charge in [0.05, 0.1) is 7.11 Å². The predicted molar refractivity (Wildman–Crippen MR) is 125 cm³/mol. The van der Waals surface area contributed by atoms with E-state index in [4.69, 9.17) is 14.9 Å². The van der Waals surface area contributed by atoms with E-state index < -0.39 is 34.8 Å². The van der Waals surface area contributed by atoms with Gasteiger partial charge in [0.25, 0.3) is 5.91 Å². The number of carbonyl (C=O) groups is 1. The fraction of sp³-hybridized carbons (Fsp3) is 0.208. The molecule has 5 rings (SSSR count). The lowest BCUT2D eigenvalue weighted by atomic mass is 10.1. The quantitative estimate of drug-likeness (QED) is 0.211. The summed E-state index contributed by atoms with van der Waals surface area (Å²) in [5.41, 5.74) is 4.75. The normalized spacial score (nSPS) is 14.2. The summed E-state index contributed by atoms with van der Waals surface area (Å²) in [6.07, 6.45) is -4.68. The van der Waals surface area contributed by atoms with E-state index in [1.165, 1.54) is 30.2 Å². The molecule has 1 aliphatic rings. The minimum atomic E-state index is -4.68. The smallest absolute Gasteiger partial charge is 0.433 e. The lowest BCUT2D eigenvalue weighted by molar-refractivity contribution is -0.140. The van der Waals surface area contributed by atoms with E-state index in [-0.39, 0.29) is 63.8 Å². The molecule has 37 heavy (non-hydrogen) atoms. The van der Waals surface area contributed by atoms with Gasteiger partial charge in [-0.3, -0.25) is 4.79 Å². The highest BCUT2D eigenvalue weighted by molar-refractivity contribution is 7.80. The summed E-state index contributed by atoms with van der Waals surface area (Å²) in [5, 5.41) is -0.886. The number of benzene rings is 2. The number of amides is 1. The molecule has 0 bridgehead atoms. The molecule has 0 fully saturated rings. The summed E-state index contributed by atoms with van der Waals surface area (Å²) >= 11 is 4.15. The number of pyridine rings is 1. The maximum Gasteiger partial charge on any atom is 0.433 e. The number of methoxy groups -OCH3 is 1. The summed E-state index contributed by atoms with van der Waals surface area (Å²) in [4.78, 5) is 22.5. The monoisotopic (exact) mass is 536 g/mol. The van der Waals surface area contributed by atoms with Gasteiger partial charge in [-0.1, -0.05) is 0 Å². The van der Waals surface area contributed by atoms with Gasteiger partial charge in [-0.15, -0.1) is 0 Å². The van der Waals surface area contributed by atoms with E-state index in [9.17, 15) is 26.7 Å². The van der Waals surface area contributed by atoms with Crippen LogP contribution in [0.15, 0.2) is 40.8 Å². The van der Waals surface area contributed by atoms with Crippen molar-refractivity contribution in [3.05, 3.63) is 76.3 Å². The number of thiol groups is 1. The Hall–Kier alpha value is -3.71.